The summed E-state index contributed by atoms with van der Waals surface area (Å²) in [5, 5.41) is 2.16. The Morgan fingerprint density at radius 2 is 1.35 bits per heavy atom. The predicted molar refractivity (Wildman–Crippen MR) is 102 cm³/mol. The van der Waals surface area contributed by atoms with Gasteiger partial charge in [0.25, 0.3) is 0 Å². The fraction of sp³-hybridized carbons (Fsp3) is 0.286. The van der Waals surface area contributed by atoms with Gasteiger partial charge in [0.15, 0.2) is 23.0 Å². The first-order valence-corrected chi connectivity index (χ1v) is 8.40. The summed E-state index contributed by atoms with van der Waals surface area (Å²) < 4.78 is 21.5. The topological polar surface area (TPSA) is 49.8 Å². The van der Waals surface area contributed by atoms with Crippen molar-refractivity contribution < 1.29 is 18.9 Å². The van der Waals surface area contributed by atoms with Crippen LogP contribution in [0.2, 0.25) is 0 Å². The van der Waals surface area contributed by atoms with Gasteiger partial charge in [0.2, 0.25) is 0 Å². The van der Waals surface area contributed by atoms with Crippen LogP contribution in [0.3, 0.4) is 0 Å². The average Bonchev–Trinajstić information content (AvgIpc) is 2.70. The maximum absolute atomic E-state index is 5.43. The van der Waals surface area contributed by atoms with Crippen LogP contribution in [0.25, 0.3) is 10.8 Å². The molecule has 0 saturated heterocycles. The summed E-state index contributed by atoms with van der Waals surface area (Å²) in [5.41, 5.74) is 2.19. The fourth-order valence-corrected chi connectivity index (χ4v) is 3.06. The average molecular weight is 353 g/mol. The van der Waals surface area contributed by atoms with E-state index in [1.165, 1.54) is 5.56 Å². The molecule has 0 N–H and O–H groups in total. The smallest absolute Gasteiger partial charge is 0.161 e. The Kier molecular flexibility index (Phi) is 5.46. The highest BCUT2D eigenvalue weighted by Crippen LogP contribution is 2.33. The standard InChI is InChI=1S/C21H23NO4/c1-23-18-8-6-14(11-19(18)24-2)5-7-17-16-13-21(26-4)20(25-3)12-15(16)9-10-22-17/h6,8-13H,5,7H2,1-4H3. The van der Waals surface area contributed by atoms with Crippen LogP contribution >= 0.6 is 0 Å². The molecule has 0 atom stereocenters. The van der Waals surface area contributed by atoms with E-state index in [1.54, 1.807) is 28.4 Å². The second-order valence-corrected chi connectivity index (χ2v) is 5.88. The van der Waals surface area contributed by atoms with Gasteiger partial charge < -0.3 is 18.9 Å². The molecule has 136 valence electrons. The zero-order valence-corrected chi connectivity index (χ0v) is 15.5. The van der Waals surface area contributed by atoms with Crippen LogP contribution in [-0.4, -0.2) is 33.4 Å². The van der Waals surface area contributed by atoms with Crippen LogP contribution in [0, 0.1) is 0 Å². The number of rotatable bonds is 7. The summed E-state index contributed by atoms with van der Waals surface area (Å²) in [6, 6.07) is 11.9. The fourth-order valence-electron chi connectivity index (χ4n) is 3.06. The Labute approximate surface area is 153 Å². The van der Waals surface area contributed by atoms with Crippen LogP contribution < -0.4 is 18.9 Å². The Hall–Kier alpha value is -2.95. The van der Waals surface area contributed by atoms with E-state index < -0.39 is 0 Å². The van der Waals surface area contributed by atoms with Crippen molar-refractivity contribution in [2.24, 2.45) is 0 Å². The molecule has 1 aromatic heterocycles. The normalized spacial score (nSPS) is 10.6. The molecule has 2 aromatic carbocycles. The number of nitrogens with zero attached hydrogens (tertiary/aromatic N) is 1. The number of aromatic nitrogens is 1. The highest BCUT2D eigenvalue weighted by molar-refractivity contribution is 5.87. The zero-order valence-electron chi connectivity index (χ0n) is 15.5. The minimum absolute atomic E-state index is 0.709. The van der Waals surface area contributed by atoms with Gasteiger partial charge >= 0.3 is 0 Å². The lowest BCUT2D eigenvalue weighted by Crippen LogP contribution is -1.98. The van der Waals surface area contributed by atoms with Crippen LogP contribution in [0.4, 0.5) is 0 Å². The molecule has 0 radical (unpaired) electrons. The lowest BCUT2D eigenvalue weighted by Gasteiger charge is -2.12. The number of hydrogen-bond acceptors (Lipinski definition) is 5. The number of benzene rings is 2. The predicted octanol–water partition coefficient (Wildman–Crippen LogP) is 4.05. The maximum Gasteiger partial charge on any atom is 0.161 e. The van der Waals surface area contributed by atoms with Gasteiger partial charge in [-0.15, -0.1) is 0 Å². The number of hydrogen-bond donors (Lipinski definition) is 0. The van der Waals surface area contributed by atoms with Crippen molar-refractivity contribution in [2.45, 2.75) is 12.8 Å². The lowest BCUT2D eigenvalue weighted by molar-refractivity contribution is 0.354. The quantitative estimate of drug-likeness (QED) is 0.641. The van der Waals surface area contributed by atoms with Crippen molar-refractivity contribution in [3.63, 3.8) is 0 Å². The van der Waals surface area contributed by atoms with Crippen LogP contribution in [0.5, 0.6) is 23.0 Å². The summed E-state index contributed by atoms with van der Waals surface area (Å²) in [7, 11) is 6.57. The van der Waals surface area contributed by atoms with E-state index in [0.717, 1.165) is 46.6 Å². The Bertz CT molecular complexity index is 908. The maximum atomic E-state index is 5.43. The van der Waals surface area contributed by atoms with Gasteiger partial charge in [-0.3, -0.25) is 4.98 Å². The summed E-state index contributed by atoms with van der Waals surface area (Å²) in [6.07, 6.45) is 3.49. The molecule has 0 amide bonds. The molecule has 0 aliphatic carbocycles. The molecule has 0 aliphatic heterocycles. The molecule has 0 unspecified atom stereocenters. The van der Waals surface area contributed by atoms with Gasteiger partial charge in [0.05, 0.1) is 28.4 Å². The molecule has 1 heterocycles. The van der Waals surface area contributed by atoms with Crippen molar-refractivity contribution >= 4 is 10.8 Å². The van der Waals surface area contributed by atoms with Crippen LogP contribution in [-0.2, 0) is 12.8 Å². The molecule has 0 fully saturated rings. The summed E-state index contributed by atoms with van der Waals surface area (Å²) >= 11 is 0. The van der Waals surface area contributed by atoms with Gasteiger partial charge in [0.1, 0.15) is 0 Å². The summed E-state index contributed by atoms with van der Waals surface area (Å²) in [4.78, 5) is 4.58. The largest absolute Gasteiger partial charge is 0.493 e. The van der Waals surface area contributed by atoms with E-state index >= 15 is 0 Å². The molecular formula is C21H23NO4. The SMILES string of the molecule is COc1ccc(CCc2nccc3cc(OC)c(OC)cc23)cc1OC. The zero-order chi connectivity index (χ0) is 18.5. The molecule has 0 saturated carbocycles. The third kappa shape index (κ3) is 3.52. The monoisotopic (exact) mass is 353 g/mol. The van der Waals surface area contributed by atoms with Gasteiger partial charge in [-0.25, -0.2) is 0 Å². The molecule has 0 aliphatic rings. The Morgan fingerprint density at radius 3 is 2.04 bits per heavy atom. The Balaban J connectivity index is 1.89. The number of pyridine rings is 1. The highest BCUT2D eigenvalue weighted by Gasteiger charge is 2.11. The van der Waals surface area contributed by atoms with Crippen LogP contribution in [0.1, 0.15) is 11.3 Å². The van der Waals surface area contributed by atoms with Gasteiger partial charge in [0, 0.05) is 17.3 Å². The first-order chi connectivity index (χ1) is 12.7. The van der Waals surface area contributed by atoms with Crippen molar-refractivity contribution in [1.29, 1.82) is 0 Å². The summed E-state index contributed by atoms with van der Waals surface area (Å²) in [6.45, 7) is 0. The van der Waals surface area contributed by atoms with E-state index in [2.05, 4.69) is 11.1 Å². The molecule has 0 bridgehead atoms. The van der Waals surface area contributed by atoms with Crippen molar-refractivity contribution in [3.05, 3.63) is 53.9 Å². The number of ether oxygens (including phenoxy) is 4. The first-order valence-electron chi connectivity index (χ1n) is 8.40. The molecule has 3 aromatic rings. The third-order valence-electron chi connectivity index (χ3n) is 4.45. The van der Waals surface area contributed by atoms with E-state index in [1.807, 2.05) is 36.5 Å². The summed E-state index contributed by atoms with van der Waals surface area (Å²) in [5.74, 6) is 2.90. The molecule has 3 rings (SSSR count). The lowest BCUT2D eigenvalue weighted by atomic mass is 10.0. The second-order valence-electron chi connectivity index (χ2n) is 5.88. The molecule has 0 spiro atoms. The minimum Gasteiger partial charge on any atom is -0.493 e. The highest BCUT2D eigenvalue weighted by atomic mass is 16.5. The Morgan fingerprint density at radius 1 is 0.692 bits per heavy atom. The van der Waals surface area contributed by atoms with Crippen molar-refractivity contribution in [1.82, 2.24) is 4.98 Å². The van der Waals surface area contributed by atoms with Crippen molar-refractivity contribution in [2.75, 3.05) is 28.4 Å². The molecule has 26 heavy (non-hydrogen) atoms. The van der Waals surface area contributed by atoms with E-state index in [0.29, 0.717) is 5.75 Å². The van der Waals surface area contributed by atoms with Crippen LogP contribution in [0.15, 0.2) is 42.6 Å². The second kappa shape index (κ2) is 7.95. The first kappa shape index (κ1) is 17.9. The molecular weight excluding hydrogens is 330 g/mol. The van der Waals surface area contributed by atoms with E-state index in [-0.39, 0.29) is 0 Å². The minimum atomic E-state index is 0.709. The number of methoxy groups -OCH3 is 4. The number of aryl methyl sites for hydroxylation is 2. The van der Waals surface area contributed by atoms with Gasteiger partial charge in [-0.2, -0.15) is 0 Å². The van der Waals surface area contributed by atoms with E-state index in [4.69, 9.17) is 18.9 Å². The number of fused-ring (bicyclic) bond motifs is 1. The molecule has 5 nitrogen and oxygen atoms in total. The van der Waals surface area contributed by atoms with Gasteiger partial charge in [-0.05, 0) is 54.1 Å². The van der Waals surface area contributed by atoms with E-state index in [9.17, 15) is 0 Å². The molecule has 5 heteroatoms. The van der Waals surface area contributed by atoms with Crippen molar-refractivity contribution in [3.8, 4) is 23.0 Å². The third-order valence-corrected chi connectivity index (χ3v) is 4.45. The van der Waals surface area contributed by atoms with Gasteiger partial charge in [-0.1, -0.05) is 6.07 Å².